The highest BCUT2D eigenvalue weighted by Gasteiger charge is 2.49. The van der Waals surface area contributed by atoms with Crippen LogP contribution in [-0.2, 0) is 23.1 Å². The zero-order valence-electron chi connectivity index (χ0n) is 18.3. The lowest BCUT2D eigenvalue weighted by Gasteiger charge is -2.34. The molecule has 32 heavy (non-hydrogen) atoms. The molecule has 6 heteroatoms. The summed E-state index contributed by atoms with van der Waals surface area (Å²) in [5, 5.41) is 4.36. The maximum atomic E-state index is 13.6. The van der Waals surface area contributed by atoms with Crippen LogP contribution >= 0.6 is 0 Å². The lowest BCUT2D eigenvalue weighted by molar-refractivity contribution is -0.130. The number of fused-ring (bicyclic) bond motifs is 1. The Morgan fingerprint density at radius 1 is 1.16 bits per heavy atom. The second-order valence-electron chi connectivity index (χ2n) is 9.25. The number of hydrogen-bond acceptors (Lipinski definition) is 2. The third kappa shape index (κ3) is 3.68. The van der Waals surface area contributed by atoms with Crippen LogP contribution in [-0.4, -0.2) is 39.9 Å². The van der Waals surface area contributed by atoms with Crippen molar-refractivity contribution in [2.75, 3.05) is 13.1 Å². The van der Waals surface area contributed by atoms with Gasteiger partial charge in [0.25, 0.3) is 0 Å². The number of para-hydroxylation sites is 1. The van der Waals surface area contributed by atoms with Crippen LogP contribution in [0.15, 0.2) is 54.7 Å². The maximum absolute atomic E-state index is 13.6. The Morgan fingerprint density at radius 2 is 1.94 bits per heavy atom. The summed E-state index contributed by atoms with van der Waals surface area (Å²) >= 11 is 0. The highest BCUT2D eigenvalue weighted by Crippen LogP contribution is 2.41. The molecule has 2 aliphatic rings. The third-order valence-electron chi connectivity index (χ3n) is 7.15. The van der Waals surface area contributed by atoms with E-state index in [2.05, 4.69) is 22.0 Å². The second-order valence-corrected chi connectivity index (χ2v) is 9.25. The van der Waals surface area contributed by atoms with Crippen molar-refractivity contribution in [1.82, 2.24) is 14.8 Å². The number of benzene rings is 2. The van der Waals surface area contributed by atoms with Gasteiger partial charge in [0.05, 0.1) is 12.0 Å². The topological polar surface area (TPSA) is 54.3 Å². The van der Waals surface area contributed by atoms with E-state index in [-0.39, 0.29) is 23.5 Å². The van der Waals surface area contributed by atoms with E-state index in [1.807, 2.05) is 30.3 Å². The fourth-order valence-corrected chi connectivity index (χ4v) is 5.57. The molecule has 2 fully saturated rings. The van der Waals surface area contributed by atoms with E-state index in [1.165, 1.54) is 12.1 Å². The molecule has 2 atom stereocenters. The minimum absolute atomic E-state index is 0.0398. The van der Waals surface area contributed by atoms with Gasteiger partial charge in [0, 0.05) is 49.6 Å². The molecule has 0 bridgehead atoms. The Labute approximate surface area is 187 Å². The van der Waals surface area contributed by atoms with Gasteiger partial charge >= 0.3 is 0 Å². The smallest absolute Gasteiger partial charge is 0.227 e. The van der Waals surface area contributed by atoms with Crippen LogP contribution in [0, 0.1) is 5.82 Å². The molecule has 1 aromatic heterocycles. The summed E-state index contributed by atoms with van der Waals surface area (Å²) in [5.74, 6) is -0.238. The predicted octanol–water partition coefficient (Wildman–Crippen LogP) is 3.91. The summed E-state index contributed by atoms with van der Waals surface area (Å²) in [4.78, 5) is 27.8. The monoisotopic (exact) mass is 433 g/mol. The standard InChI is InChI=1S/C26H28FN3O2/c1-29-15-19(21-6-2-3-7-23(21)29)14-25(32)30-16-22(18-9-11-20(27)12-10-18)26(17-30)13-5-4-8-24(31)28-26/h2-3,6-7,9-12,15,22H,4-5,8,13-14,16-17H2,1H3,(H,28,31)/t22-,26+/m0/s1. The number of amides is 2. The van der Waals surface area contributed by atoms with E-state index < -0.39 is 5.54 Å². The van der Waals surface area contributed by atoms with E-state index in [9.17, 15) is 14.0 Å². The van der Waals surface area contributed by atoms with Crippen LogP contribution in [0.1, 0.15) is 42.7 Å². The van der Waals surface area contributed by atoms with Crippen LogP contribution < -0.4 is 5.32 Å². The molecule has 2 amide bonds. The van der Waals surface area contributed by atoms with Crippen LogP contribution in [0.2, 0.25) is 0 Å². The number of carbonyl (C=O) groups is 2. The molecule has 166 valence electrons. The van der Waals surface area contributed by atoms with Crippen molar-refractivity contribution in [1.29, 1.82) is 0 Å². The Morgan fingerprint density at radius 3 is 2.75 bits per heavy atom. The average Bonchev–Trinajstić information content (AvgIpc) is 3.23. The number of nitrogens with zero attached hydrogens (tertiary/aromatic N) is 2. The number of likely N-dealkylation sites (tertiary alicyclic amines) is 1. The molecule has 1 spiro atoms. The summed E-state index contributed by atoms with van der Waals surface area (Å²) in [6.07, 6.45) is 5.47. The molecule has 1 N–H and O–H groups in total. The summed E-state index contributed by atoms with van der Waals surface area (Å²) in [6.45, 7) is 1.01. The second kappa shape index (κ2) is 8.08. The van der Waals surface area contributed by atoms with Crippen molar-refractivity contribution < 1.29 is 14.0 Å². The van der Waals surface area contributed by atoms with Gasteiger partial charge < -0.3 is 14.8 Å². The highest BCUT2D eigenvalue weighted by molar-refractivity contribution is 5.89. The first kappa shape index (κ1) is 20.7. The lowest BCUT2D eigenvalue weighted by Crippen LogP contribution is -2.52. The summed E-state index contributed by atoms with van der Waals surface area (Å²) < 4.78 is 15.6. The van der Waals surface area contributed by atoms with Crippen molar-refractivity contribution in [2.24, 2.45) is 7.05 Å². The Bertz CT molecular complexity index is 1170. The van der Waals surface area contributed by atoms with Gasteiger partial charge in [-0.25, -0.2) is 4.39 Å². The SMILES string of the molecule is Cn1cc(CC(=O)N2C[C@@H](c3ccc(F)cc3)[C@@]3(CCCCC(=O)N3)C2)c2ccccc21. The number of aromatic nitrogens is 1. The molecule has 0 unspecified atom stereocenters. The summed E-state index contributed by atoms with van der Waals surface area (Å²) in [7, 11) is 1.99. The lowest BCUT2D eigenvalue weighted by atomic mass is 9.79. The van der Waals surface area contributed by atoms with Crippen LogP contribution in [0.25, 0.3) is 10.9 Å². The molecular weight excluding hydrogens is 405 g/mol. The van der Waals surface area contributed by atoms with Crippen LogP contribution in [0.3, 0.4) is 0 Å². The van der Waals surface area contributed by atoms with Crippen molar-refractivity contribution in [3.8, 4) is 0 Å². The molecule has 0 saturated carbocycles. The summed E-state index contributed by atoms with van der Waals surface area (Å²) in [6, 6.07) is 14.6. The van der Waals surface area contributed by atoms with Crippen LogP contribution in [0.4, 0.5) is 4.39 Å². The first-order valence-corrected chi connectivity index (χ1v) is 11.3. The molecule has 0 radical (unpaired) electrons. The number of hydrogen-bond donors (Lipinski definition) is 1. The third-order valence-corrected chi connectivity index (χ3v) is 7.15. The molecule has 2 aromatic carbocycles. The van der Waals surface area contributed by atoms with Gasteiger partial charge in [-0.15, -0.1) is 0 Å². The molecule has 2 aliphatic heterocycles. The van der Waals surface area contributed by atoms with Gasteiger partial charge in [0.2, 0.25) is 11.8 Å². The molecule has 0 aliphatic carbocycles. The fraction of sp³-hybridized carbons (Fsp3) is 0.385. The molecule has 2 saturated heterocycles. The van der Waals surface area contributed by atoms with Crippen molar-refractivity contribution in [3.05, 3.63) is 71.7 Å². The largest absolute Gasteiger partial charge is 0.350 e. The first-order chi connectivity index (χ1) is 15.4. The maximum Gasteiger partial charge on any atom is 0.227 e. The zero-order chi connectivity index (χ0) is 22.3. The van der Waals surface area contributed by atoms with Gasteiger partial charge in [-0.2, -0.15) is 0 Å². The quantitative estimate of drug-likeness (QED) is 0.681. The number of aryl methyl sites for hydroxylation is 1. The molecule has 5 nitrogen and oxygen atoms in total. The van der Waals surface area contributed by atoms with E-state index in [4.69, 9.17) is 0 Å². The Balaban J connectivity index is 1.45. The number of rotatable bonds is 3. The first-order valence-electron chi connectivity index (χ1n) is 11.3. The number of halogens is 1. The van der Waals surface area contributed by atoms with E-state index >= 15 is 0 Å². The molecule has 3 heterocycles. The zero-order valence-corrected chi connectivity index (χ0v) is 18.3. The Hall–Kier alpha value is -3.15. The minimum Gasteiger partial charge on any atom is -0.350 e. The molecule has 5 rings (SSSR count). The van der Waals surface area contributed by atoms with Crippen molar-refractivity contribution in [2.45, 2.75) is 43.6 Å². The fourth-order valence-electron chi connectivity index (χ4n) is 5.57. The minimum atomic E-state index is -0.500. The molecule has 3 aromatic rings. The number of carbonyl (C=O) groups excluding carboxylic acids is 2. The molecular formula is C26H28FN3O2. The highest BCUT2D eigenvalue weighted by atomic mass is 19.1. The van der Waals surface area contributed by atoms with Gasteiger partial charge in [-0.1, -0.05) is 36.8 Å². The van der Waals surface area contributed by atoms with Gasteiger partial charge in [0.1, 0.15) is 5.82 Å². The normalized spacial score (nSPS) is 23.5. The predicted molar refractivity (Wildman–Crippen MR) is 122 cm³/mol. The van der Waals surface area contributed by atoms with Gasteiger partial charge in [-0.3, -0.25) is 9.59 Å². The van der Waals surface area contributed by atoms with E-state index in [0.717, 1.165) is 41.3 Å². The van der Waals surface area contributed by atoms with Crippen molar-refractivity contribution >= 4 is 22.7 Å². The van der Waals surface area contributed by atoms with Crippen LogP contribution in [0.5, 0.6) is 0 Å². The number of nitrogens with one attached hydrogen (secondary N) is 1. The van der Waals surface area contributed by atoms with Gasteiger partial charge in [0.15, 0.2) is 0 Å². The average molecular weight is 434 g/mol. The van der Waals surface area contributed by atoms with Gasteiger partial charge in [-0.05, 0) is 42.2 Å². The summed E-state index contributed by atoms with van der Waals surface area (Å²) in [5.41, 5.74) is 2.58. The Kier molecular flexibility index (Phi) is 5.24. The van der Waals surface area contributed by atoms with Crippen molar-refractivity contribution in [3.63, 3.8) is 0 Å². The van der Waals surface area contributed by atoms with E-state index in [1.54, 1.807) is 12.1 Å². The van der Waals surface area contributed by atoms with E-state index in [0.29, 0.717) is 25.9 Å².